The summed E-state index contributed by atoms with van der Waals surface area (Å²) >= 11 is 6.10. The van der Waals surface area contributed by atoms with Gasteiger partial charge in [0.2, 0.25) is 0 Å². The fourth-order valence-electron chi connectivity index (χ4n) is 1.54. The quantitative estimate of drug-likeness (QED) is 0.674. The molecule has 1 aromatic carbocycles. The van der Waals surface area contributed by atoms with E-state index in [4.69, 9.17) is 17.3 Å². The van der Waals surface area contributed by atoms with Gasteiger partial charge in [-0.3, -0.25) is 0 Å². The van der Waals surface area contributed by atoms with Crippen molar-refractivity contribution in [2.75, 3.05) is 18.8 Å². The summed E-state index contributed by atoms with van der Waals surface area (Å²) < 4.78 is 0. The lowest BCUT2D eigenvalue weighted by Gasteiger charge is -2.28. The fourth-order valence-corrected chi connectivity index (χ4v) is 1.87. The Bertz CT molecular complexity index is 332. The van der Waals surface area contributed by atoms with Crippen LogP contribution in [0.4, 0.5) is 5.69 Å². The van der Waals surface area contributed by atoms with Crippen LogP contribution in [0.1, 0.15) is 17.0 Å². The molecule has 1 aromatic rings. The van der Waals surface area contributed by atoms with Gasteiger partial charge < -0.3 is 11.1 Å². The van der Waals surface area contributed by atoms with Crippen molar-refractivity contribution in [3.8, 4) is 0 Å². The second-order valence-corrected chi connectivity index (χ2v) is 3.99. The maximum absolute atomic E-state index is 6.10. The van der Waals surface area contributed by atoms with Gasteiger partial charge in [-0.25, -0.2) is 0 Å². The number of benzene rings is 1. The maximum atomic E-state index is 6.10. The molecule has 0 aliphatic carbocycles. The summed E-state index contributed by atoms with van der Waals surface area (Å²) in [4.78, 5) is 0. The Kier molecular flexibility index (Phi) is 2.18. The fraction of sp³-hybridized carbons (Fsp3) is 0.400. The third-order valence-electron chi connectivity index (χ3n) is 2.61. The first-order valence-electron chi connectivity index (χ1n) is 4.44. The van der Waals surface area contributed by atoms with Gasteiger partial charge in [0.15, 0.2) is 0 Å². The molecule has 1 aliphatic heterocycles. The Labute approximate surface area is 83.1 Å². The summed E-state index contributed by atoms with van der Waals surface area (Å²) in [6.07, 6.45) is 0. The summed E-state index contributed by atoms with van der Waals surface area (Å²) in [6, 6.07) is 3.95. The van der Waals surface area contributed by atoms with Crippen LogP contribution in [0, 0.1) is 6.92 Å². The van der Waals surface area contributed by atoms with Gasteiger partial charge >= 0.3 is 0 Å². The van der Waals surface area contributed by atoms with Crippen molar-refractivity contribution < 1.29 is 0 Å². The minimum Gasteiger partial charge on any atom is -0.398 e. The van der Waals surface area contributed by atoms with Crippen molar-refractivity contribution in [2.24, 2.45) is 0 Å². The molecule has 0 bridgehead atoms. The lowest BCUT2D eigenvalue weighted by atomic mass is 9.92. The van der Waals surface area contributed by atoms with Crippen molar-refractivity contribution in [1.82, 2.24) is 5.32 Å². The van der Waals surface area contributed by atoms with Crippen LogP contribution in [-0.4, -0.2) is 13.1 Å². The monoisotopic (exact) mass is 196 g/mol. The van der Waals surface area contributed by atoms with Crippen LogP contribution in [0.2, 0.25) is 5.02 Å². The predicted molar refractivity (Wildman–Crippen MR) is 56.2 cm³/mol. The molecule has 2 rings (SSSR count). The normalized spacial score (nSPS) is 17.1. The molecule has 0 amide bonds. The summed E-state index contributed by atoms with van der Waals surface area (Å²) in [5.41, 5.74) is 8.87. The van der Waals surface area contributed by atoms with Crippen LogP contribution in [0.3, 0.4) is 0 Å². The van der Waals surface area contributed by atoms with E-state index in [1.807, 2.05) is 13.0 Å². The first kappa shape index (κ1) is 8.85. The number of nitrogens with one attached hydrogen (secondary N) is 1. The molecular weight excluding hydrogens is 184 g/mol. The van der Waals surface area contributed by atoms with Crippen LogP contribution in [0.5, 0.6) is 0 Å². The van der Waals surface area contributed by atoms with Crippen molar-refractivity contribution >= 4 is 17.3 Å². The van der Waals surface area contributed by atoms with Gasteiger partial charge in [0.25, 0.3) is 0 Å². The topological polar surface area (TPSA) is 38.0 Å². The molecular formula is C10H13ClN2. The molecule has 1 heterocycles. The Hall–Kier alpha value is -0.730. The lowest BCUT2D eigenvalue weighted by molar-refractivity contribution is 0.448. The number of hydrogen-bond acceptors (Lipinski definition) is 2. The summed E-state index contributed by atoms with van der Waals surface area (Å²) in [5.74, 6) is 0.576. The van der Waals surface area contributed by atoms with Crippen LogP contribution in [-0.2, 0) is 0 Å². The Morgan fingerprint density at radius 2 is 2.15 bits per heavy atom. The van der Waals surface area contributed by atoms with E-state index in [1.54, 1.807) is 0 Å². The molecule has 1 aliphatic rings. The summed E-state index contributed by atoms with van der Waals surface area (Å²) in [7, 11) is 0. The molecule has 1 fully saturated rings. The molecule has 0 atom stereocenters. The van der Waals surface area contributed by atoms with Crippen LogP contribution in [0.15, 0.2) is 12.1 Å². The maximum Gasteiger partial charge on any atom is 0.0462 e. The average Bonchev–Trinajstić information content (AvgIpc) is 1.96. The first-order chi connectivity index (χ1) is 6.18. The van der Waals surface area contributed by atoms with E-state index >= 15 is 0 Å². The minimum absolute atomic E-state index is 0.576. The minimum atomic E-state index is 0.576. The molecule has 3 heteroatoms. The zero-order chi connectivity index (χ0) is 9.42. The molecule has 70 valence electrons. The van der Waals surface area contributed by atoms with Crippen LogP contribution >= 0.6 is 11.6 Å². The van der Waals surface area contributed by atoms with Gasteiger partial charge in [-0.15, -0.1) is 0 Å². The zero-order valence-corrected chi connectivity index (χ0v) is 8.36. The predicted octanol–water partition coefficient (Wildman–Crippen LogP) is 1.92. The zero-order valence-electron chi connectivity index (χ0n) is 7.60. The Morgan fingerprint density at radius 1 is 1.46 bits per heavy atom. The molecule has 13 heavy (non-hydrogen) atoms. The molecule has 0 radical (unpaired) electrons. The third kappa shape index (κ3) is 1.52. The van der Waals surface area contributed by atoms with Crippen LogP contribution < -0.4 is 11.1 Å². The number of nitrogens with two attached hydrogens (primary N) is 1. The third-order valence-corrected chi connectivity index (χ3v) is 2.93. The lowest BCUT2D eigenvalue weighted by Crippen LogP contribution is -2.40. The molecule has 1 saturated heterocycles. The summed E-state index contributed by atoms with van der Waals surface area (Å²) in [6.45, 7) is 4.08. The highest BCUT2D eigenvalue weighted by Gasteiger charge is 2.21. The Balaban J connectivity index is 2.39. The van der Waals surface area contributed by atoms with Gasteiger partial charge in [-0.2, -0.15) is 0 Å². The first-order valence-corrected chi connectivity index (χ1v) is 4.82. The largest absolute Gasteiger partial charge is 0.398 e. The van der Waals surface area contributed by atoms with E-state index in [2.05, 4.69) is 11.4 Å². The van der Waals surface area contributed by atoms with E-state index in [0.29, 0.717) is 5.92 Å². The SMILES string of the molecule is Cc1cc(C2CNC2)c(Cl)cc1N. The second-order valence-electron chi connectivity index (χ2n) is 3.59. The average molecular weight is 197 g/mol. The number of rotatable bonds is 1. The number of nitrogen functional groups attached to an aromatic ring is 1. The number of halogens is 1. The van der Waals surface area contributed by atoms with E-state index < -0.39 is 0 Å². The molecule has 2 nitrogen and oxygen atoms in total. The van der Waals surface area contributed by atoms with E-state index in [9.17, 15) is 0 Å². The molecule has 0 aromatic heterocycles. The van der Waals surface area contributed by atoms with E-state index in [1.165, 1.54) is 5.56 Å². The number of hydrogen-bond donors (Lipinski definition) is 2. The van der Waals surface area contributed by atoms with Gasteiger partial charge in [0.1, 0.15) is 0 Å². The van der Waals surface area contributed by atoms with E-state index in [0.717, 1.165) is 29.4 Å². The second kappa shape index (κ2) is 3.20. The van der Waals surface area contributed by atoms with Gasteiger partial charge in [0, 0.05) is 29.7 Å². The highest BCUT2D eigenvalue weighted by molar-refractivity contribution is 6.31. The van der Waals surface area contributed by atoms with Crippen molar-refractivity contribution in [1.29, 1.82) is 0 Å². The Morgan fingerprint density at radius 3 is 2.69 bits per heavy atom. The highest BCUT2D eigenvalue weighted by Crippen LogP contribution is 2.30. The van der Waals surface area contributed by atoms with Crippen LogP contribution in [0.25, 0.3) is 0 Å². The summed E-state index contributed by atoms with van der Waals surface area (Å²) in [5, 5.41) is 4.03. The van der Waals surface area contributed by atoms with Crippen molar-refractivity contribution in [3.63, 3.8) is 0 Å². The van der Waals surface area contributed by atoms with Crippen molar-refractivity contribution in [2.45, 2.75) is 12.8 Å². The smallest absolute Gasteiger partial charge is 0.0462 e. The van der Waals surface area contributed by atoms with Gasteiger partial charge in [-0.1, -0.05) is 17.7 Å². The molecule has 3 N–H and O–H groups in total. The number of aryl methyl sites for hydroxylation is 1. The molecule has 0 spiro atoms. The van der Waals surface area contributed by atoms with Gasteiger partial charge in [-0.05, 0) is 24.1 Å². The van der Waals surface area contributed by atoms with Crippen molar-refractivity contribution in [3.05, 3.63) is 28.3 Å². The molecule has 0 saturated carbocycles. The van der Waals surface area contributed by atoms with Gasteiger partial charge in [0.05, 0.1) is 0 Å². The molecule has 0 unspecified atom stereocenters. The van der Waals surface area contributed by atoms with E-state index in [-0.39, 0.29) is 0 Å². The highest BCUT2D eigenvalue weighted by atomic mass is 35.5. The standard InChI is InChI=1S/C10H13ClN2/c1-6-2-8(7-4-13-5-7)9(11)3-10(6)12/h2-3,7,13H,4-5,12H2,1H3. The number of anilines is 1.